The number of thioether (sulfide) groups is 1. The van der Waals surface area contributed by atoms with E-state index in [1.807, 2.05) is 11.4 Å². The standard InChI is InChI=1S/C17H21N5O2S2/c1-10(2)4-6-21-16(24)15-12(5-7-25-15)19-17(21)26-9-14(23)22-11(3)8-13(18)20-22/h5,7-8,10H,4,6,9H2,1-3H3,(H2,18,20). The smallest absolute Gasteiger partial charge is 0.272 e. The molecule has 7 nitrogen and oxygen atoms in total. The summed E-state index contributed by atoms with van der Waals surface area (Å²) in [7, 11) is 0. The van der Waals surface area contributed by atoms with Crippen molar-refractivity contribution in [3.63, 3.8) is 0 Å². The van der Waals surface area contributed by atoms with Gasteiger partial charge in [-0.25, -0.2) is 9.67 Å². The number of rotatable bonds is 6. The second-order valence-corrected chi connectivity index (χ2v) is 8.33. The Bertz CT molecular complexity index is 1000. The minimum atomic E-state index is -0.195. The summed E-state index contributed by atoms with van der Waals surface area (Å²) in [5.74, 6) is 0.716. The third kappa shape index (κ3) is 3.83. The van der Waals surface area contributed by atoms with Crippen molar-refractivity contribution in [2.75, 3.05) is 11.5 Å². The van der Waals surface area contributed by atoms with E-state index in [2.05, 4.69) is 23.9 Å². The maximum Gasteiger partial charge on any atom is 0.272 e. The van der Waals surface area contributed by atoms with Crippen molar-refractivity contribution >= 4 is 45.0 Å². The summed E-state index contributed by atoms with van der Waals surface area (Å²) in [6.07, 6.45) is 0.870. The van der Waals surface area contributed by atoms with Gasteiger partial charge in [0, 0.05) is 18.3 Å². The Kier molecular flexibility index (Phi) is 5.47. The van der Waals surface area contributed by atoms with Crippen LogP contribution in [-0.4, -0.2) is 31.0 Å². The molecule has 0 unspecified atom stereocenters. The number of carbonyl (C=O) groups is 1. The molecule has 0 aromatic carbocycles. The first-order valence-electron chi connectivity index (χ1n) is 8.33. The van der Waals surface area contributed by atoms with Crippen molar-refractivity contribution in [2.45, 2.75) is 38.9 Å². The van der Waals surface area contributed by atoms with Crippen molar-refractivity contribution in [2.24, 2.45) is 5.92 Å². The average Bonchev–Trinajstić information content (AvgIpc) is 3.17. The fourth-order valence-electron chi connectivity index (χ4n) is 2.56. The van der Waals surface area contributed by atoms with Crippen LogP contribution in [0.25, 0.3) is 10.2 Å². The zero-order valence-corrected chi connectivity index (χ0v) is 16.6. The van der Waals surface area contributed by atoms with Crippen LogP contribution in [0.3, 0.4) is 0 Å². The van der Waals surface area contributed by atoms with Crippen LogP contribution in [0.15, 0.2) is 27.5 Å². The SMILES string of the molecule is Cc1cc(N)nn1C(=O)CSc1nc2ccsc2c(=O)n1CCC(C)C. The van der Waals surface area contributed by atoms with Crippen LogP contribution in [0.5, 0.6) is 0 Å². The lowest BCUT2D eigenvalue weighted by atomic mass is 10.1. The number of hydrogen-bond acceptors (Lipinski definition) is 7. The van der Waals surface area contributed by atoms with Crippen LogP contribution in [0.1, 0.15) is 30.8 Å². The number of hydrogen-bond donors (Lipinski definition) is 1. The molecule has 3 rings (SSSR count). The Morgan fingerprint density at radius 2 is 2.19 bits per heavy atom. The van der Waals surface area contributed by atoms with Gasteiger partial charge in [-0.1, -0.05) is 25.6 Å². The van der Waals surface area contributed by atoms with E-state index in [4.69, 9.17) is 5.73 Å². The number of anilines is 1. The maximum atomic E-state index is 12.8. The van der Waals surface area contributed by atoms with Gasteiger partial charge in [0.05, 0.1) is 11.3 Å². The molecule has 0 aliphatic carbocycles. The van der Waals surface area contributed by atoms with E-state index in [0.717, 1.165) is 6.42 Å². The summed E-state index contributed by atoms with van der Waals surface area (Å²) < 4.78 is 3.63. The van der Waals surface area contributed by atoms with E-state index >= 15 is 0 Å². The molecule has 3 aromatic rings. The van der Waals surface area contributed by atoms with Gasteiger partial charge in [0.1, 0.15) is 10.5 Å². The van der Waals surface area contributed by atoms with Gasteiger partial charge < -0.3 is 5.73 Å². The molecule has 0 aliphatic rings. The molecule has 0 saturated heterocycles. The van der Waals surface area contributed by atoms with Crippen molar-refractivity contribution in [1.82, 2.24) is 19.3 Å². The van der Waals surface area contributed by atoms with Crippen molar-refractivity contribution in [3.8, 4) is 0 Å². The fourth-order valence-corrected chi connectivity index (χ4v) is 4.20. The molecule has 0 aliphatic heterocycles. The van der Waals surface area contributed by atoms with Gasteiger partial charge in [0.2, 0.25) is 0 Å². The lowest BCUT2D eigenvalue weighted by Gasteiger charge is -2.13. The number of nitrogen functional groups attached to an aromatic ring is 1. The van der Waals surface area contributed by atoms with Gasteiger partial charge in [0.25, 0.3) is 11.5 Å². The summed E-state index contributed by atoms with van der Waals surface area (Å²) in [5, 5.41) is 6.43. The zero-order valence-electron chi connectivity index (χ0n) is 14.9. The van der Waals surface area contributed by atoms with E-state index < -0.39 is 0 Å². The molecule has 3 heterocycles. The first kappa shape index (κ1) is 18.7. The van der Waals surface area contributed by atoms with Gasteiger partial charge in [-0.2, -0.15) is 0 Å². The van der Waals surface area contributed by atoms with E-state index in [9.17, 15) is 9.59 Å². The topological polar surface area (TPSA) is 95.8 Å². The molecule has 26 heavy (non-hydrogen) atoms. The zero-order chi connectivity index (χ0) is 18.8. The molecule has 0 spiro atoms. The number of aryl methyl sites for hydroxylation is 1. The van der Waals surface area contributed by atoms with Crippen molar-refractivity contribution < 1.29 is 4.79 Å². The predicted molar refractivity (Wildman–Crippen MR) is 106 cm³/mol. The highest BCUT2D eigenvalue weighted by Gasteiger charge is 2.16. The molecular weight excluding hydrogens is 370 g/mol. The first-order chi connectivity index (χ1) is 12.4. The highest BCUT2D eigenvalue weighted by molar-refractivity contribution is 7.99. The average molecular weight is 392 g/mol. The molecule has 138 valence electrons. The second kappa shape index (κ2) is 7.63. The fraction of sp³-hybridized carbons (Fsp3) is 0.412. The van der Waals surface area contributed by atoms with Crippen LogP contribution >= 0.6 is 23.1 Å². The van der Waals surface area contributed by atoms with Gasteiger partial charge in [-0.3, -0.25) is 14.2 Å². The molecule has 0 saturated carbocycles. The lowest BCUT2D eigenvalue weighted by molar-refractivity contribution is 0.0924. The molecule has 9 heteroatoms. The summed E-state index contributed by atoms with van der Waals surface area (Å²) in [6.45, 7) is 6.59. The quantitative estimate of drug-likeness (QED) is 0.512. The Morgan fingerprint density at radius 3 is 2.85 bits per heavy atom. The van der Waals surface area contributed by atoms with Crippen LogP contribution in [0, 0.1) is 12.8 Å². The van der Waals surface area contributed by atoms with E-state index in [1.165, 1.54) is 27.8 Å². The normalized spacial score (nSPS) is 11.5. The van der Waals surface area contributed by atoms with E-state index in [-0.39, 0.29) is 17.2 Å². The monoisotopic (exact) mass is 391 g/mol. The number of nitrogens with two attached hydrogens (primary N) is 1. The molecule has 2 N–H and O–H groups in total. The van der Waals surface area contributed by atoms with Crippen LogP contribution in [0.2, 0.25) is 0 Å². The molecule has 0 amide bonds. The van der Waals surface area contributed by atoms with E-state index in [1.54, 1.807) is 17.6 Å². The highest BCUT2D eigenvalue weighted by atomic mass is 32.2. The molecule has 3 aromatic heterocycles. The van der Waals surface area contributed by atoms with Crippen LogP contribution in [-0.2, 0) is 6.54 Å². The van der Waals surface area contributed by atoms with Gasteiger partial charge in [-0.15, -0.1) is 16.4 Å². The van der Waals surface area contributed by atoms with Gasteiger partial charge >= 0.3 is 0 Å². The third-order valence-electron chi connectivity index (χ3n) is 3.93. The number of nitrogens with zero attached hydrogens (tertiary/aromatic N) is 4. The largest absolute Gasteiger partial charge is 0.382 e. The molecule has 0 radical (unpaired) electrons. The van der Waals surface area contributed by atoms with Crippen molar-refractivity contribution in [3.05, 3.63) is 33.6 Å². The minimum Gasteiger partial charge on any atom is -0.382 e. The number of carbonyl (C=O) groups excluding carboxylic acids is 1. The Morgan fingerprint density at radius 1 is 1.42 bits per heavy atom. The lowest BCUT2D eigenvalue weighted by Crippen LogP contribution is -2.24. The first-order valence-corrected chi connectivity index (χ1v) is 10.2. The summed E-state index contributed by atoms with van der Waals surface area (Å²) in [5.41, 5.74) is 6.96. The van der Waals surface area contributed by atoms with Gasteiger partial charge in [-0.05, 0) is 30.7 Å². The maximum absolute atomic E-state index is 12.8. The van der Waals surface area contributed by atoms with Crippen LogP contribution in [0.4, 0.5) is 5.82 Å². The Hall–Kier alpha value is -2.13. The van der Waals surface area contributed by atoms with Crippen LogP contribution < -0.4 is 11.3 Å². The Balaban J connectivity index is 1.88. The van der Waals surface area contributed by atoms with Gasteiger partial charge in [0.15, 0.2) is 5.16 Å². The minimum absolute atomic E-state index is 0.0416. The predicted octanol–water partition coefficient (Wildman–Crippen LogP) is 3.02. The Labute approximate surface area is 159 Å². The molecule has 0 bridgehead atoms. The summed E-state index contributed by atoms with van der Waals surface area (Å²) in [4.78, 5) is 29.8. The third-order valence-corrected chi connectivity index (χ3v) is 5.78. The summed E-state index contributed by atoms with van der Waals surface area (Å²) in [6, 6.07) is 3.48. The summed E-state index contributed by atoms with van der Waals surface area (Å²) >= 11 is 2.65. The number of aromatic nitrogens is 4. The number of thiophene rings is 1. The number of fused-ring (bicyclic) bond motifs is 1. The highest BCUT2D eigenvalue weighted by Crippen LogP contribution is 2.22. The van der Waals surface area contributed by atoms with E-state index in [0.29, 0.717) is 39.3 Å². The van der Waals surface area contributed by atoms with Crippen molar-refractivity contribution in [1.29, 1.82) is 0 Å². The second-order valence-electron chi connectivity index (χ2n) is 6.47. The molecule has 0 atom stereocenters. The molecular formula is C17H21N5O2S2. The molecule has 0 fully saturated rings.